The first-order valence-electron chi connectivity index (χ1n) is 5.15. The van der Waals surface area contributed by atoms with Crippen molar-refractivity contribution in [2.75, 3.05) is 6.61 Å². The largest absolute Gasteiger partial charge is 0.491 e. The van der Waals surface area contributed by atoms with Crippen LogP contribution in [0.5, 0.6) is 5.75 Å². The molecule has 0 heterocycles. The van der Waals surface area contributed by atoms with Crippen molar-refractivity contribution >= 4 is 17.3 Å². The molecular formula is C11H14ClNO4. The van der Waals surface area contributed by atoms with Crippen molar-refractivity contribution in [1.82, 2.24) is 0 Å². The molecule has 0 saturated carbocycles. The van der Waals surface area contributed by atoms with E-state index in [1.165, 1.54) is 18.2 Å². The number of rotatable bonds is 5. The first-order valence-corrected chi connectivity index (χ1v) is 5.52. The van der Waals surface area contributed by atoms with E-state index in [0.717, 1.165) is 0 Å². The summed E-state index contributed by atoms with van der Waals surface area (Å²) in [6.45, 7) is 3.60. The van der Waals surface area contributed by atoms with Crippen LogP contribution in [0.2, 0.25) is 5.02 Å². The van der Waals surface area contributed by atoms with Crippen LogP contribution in [0.3, 0.4) is 0 Å². The summed E-state index contributed by atoms with van der Waals surface area (Å²) in [7, 11) is 0. The highest BCUT2D eigenvalue weighted by atomic mass is 35.5. The van der Waals surface area contributed by atoms with Gasteiger partial charge in [-0.1, -0.05) is 18.5 Å². The molecule has 0 fully saturated rings. The number of nitrogens with zero attached hydrogens (tertiary/aromatic N) is 1. The number of hydrogen-bond acceptors (Lipinski definition) is 4. The maximum Gasteiger partial charge on any atom is 0.288 e. The van der Waals surface area contributed by atoms with Crippen molar-refractivity contribution < 1.29 is 14.8 Å². The van der Waals surface area contributed by atoms with Gasteiger partial charge < -0.3 is 9.84 Å². The van der Waals surface area contributed by atoms with Crippen LogP contribution in [0, 0.1) is 10.1 Å². The molecular weight excluding hydrogens is 246 g/mol. The van der Waals surface area contributed by atoms with Crippen LogP contribution in [0.4, 0.5) is 5.69 Å². The minimum atomic E-state index is -0.922. The Morgan fingerprint density at radius 3 is 2.71 bits per heavy atom. The van der Waals surface area contributed by atoms with E-state index in [0.29, 0.717) is 12.2 Å². The van der Waals surface area contributed by atoms with Gasteiger partial charge in [0, 0.05) is 12.1 Å². The van der Waals surface area contributed by atoms with Gasteiger partial charge in [0.2, 0.25) is 0 Å². The van der Waals surface area contributed by atoms with Crippen molar-refractivity contribution in [2.45, 2.75) is 25.9 Å². The Labute approximate surface area is 104 Å². The molecule has 0 aliphatic carbocycles. The summed E-state index contributed by atoms with van der Waals surface area (Å²) in [4.78, 5) is 9.98. The van der Waals surface area contributed by atoms with E-state index in [1.54, 1.807) is 6.92 Å². The van der Waals surface area contributed by atoms with E-state index >= 15 is 0 Å². The van der Waals surface area contributed by atoms with Gasteiger partial charge in [-0.25, -0.2) is 0 Å². The number of benzene rings is 1. The highest BCUT2D eigenvalue weighted by Gasteiger charge is 2.19. The van der Waals surface area contributed by atoms with Gasteiger partial charge in [-0.05, 0) is 19.4 Å². The summed E-state index contributed by atoms with van der Waals surface area (Å²) in [5.41, 5.74) is -1.09. The minimum Gasteiger partial charge on any atom is -0.491 e. The zero-order valence-corrected chi connectivity index (χ0v) is 10.4. The molecule has 1 aromatic carbocycles. The highest BCUT2D eigenvalue weighted by molar-refractivity contribution is 6.32. The molecule has 6 heteroatoms. The van der Waals surface area contributed by atoms with Crippen LogP contribution in [0.15, 0.2) is 18.2 Å². The first-order chi connectivity index (χ1) is 7.85. The van der Waals surface area contributed by atoms with Crippen LogP contribution < -0.4 is 4.74 Å². The monoisotopic (exact) mass is 259 g/mol. The smallest absolute Gasteiger partial charge is 0.288 e. The molecule has 1 unspecified atom stereocenters. The summed E-state index contributed by atoms with van der Waals surface area (Å²) in [5.74, 6) is 0.398. The van der Waals surface area contributed by atoms with Crippen molar-refractivity contribution in [3.8, 4) is 5.75 Å². The van der Waals surface area contributed by atoms with Gasteiger partial charge in [0.25, 0.3) is 5.69 Å². The molecule has 5 nitrogen and oxygen atoms in total. The fraction of sp³-hybridized carbons (Fsp3) is 0.455. The Morgan fingerprint density at radius 2 is 2.24 bits per heavy atom. The maximum atomic E-state index is 10.5. The minimum absolute atomic E-state index is 0.0173. The predicted molar refractivity (Wildman–Crippen MR) is 64.5 cm³/mol. The molecule has 0 aromatic heterocycles. The summed E-state index contributed by atoms with van der Waals surface area (Å²) in [6.07, 6.45) is 0.549. The second-order valence-electron chi connectivity index (χ2n) is 4.01. The quantitative estimate of drug-likeness (QED) is 0.652. The molecule has 0 spiro atoms. The third-order valence-corrected chi connectivity index (χ3v) is 2.73. The highest BCUT2D eigenvalue weighted by Crippen LogP contribution is 2.28. The lowest BCUT2D eigenvalue weighted by molar-refractivity contribution is -0.384. The van der Waals surface area contributed by atoms with Crippen molar-refractivity contribution in [1.29, 1.82) is 0 Å². The standard InChI is InChI=1S/C11H14ClNO4/c1-3-11(2,14)7-17-8-4-5-10(13(15)16)9(12)6-8/h4-6,14H,3,7H2,1-2H3. The molecule has 1 aromatic rings. The molecule has 0 bridgehead atoms. The van der Waals surface area contributed by atoms with Crippen LogP contribution in [0.25, 0.3) is 0 Å². The third-order valence-electron chi connectivity index (χ3n) is 2.43. The molecule has 17 heavy (non-hydrogen) atoms. The molecule has 1 N–H and O–H groups in total. The van der Waals surface area contributed by atoms with E-state index in [4.69, 9.17) is 16.3 Å². The number of ether oxygens (including phenoxy) is 1. The fourth-order valence-corrected chi connectivity index (χ4v) is 1.31. The Balaban J connectivity index is 2.75. The van der Waals surface area contributed by atoms with Gasteiger partial charge in [-0.2, -0.15) is 0 Å². The van der Waals surface area contributed by atoms with Gasteiger partial charge >= 0.3 is 0 Å². The SMILES string of the molecule is CCC(C)(O)COc1ccc([N+](=O)[O-])c(Cl)c1. The number of halogens is 1. The lowest BCUT2D eigenvalue weighted by atomic mass is 10.1. The van der Waals surface area contributed by atoms with Crippen molar-refractivity contribution in [2.24, 2.45) is 0 Å². The van der Waals surface area contributed by atoms with Gasteiger partial charge in [0.05, 0.1) is 10.5 Å². The molecule has 0 aliphatic rings. The van der Waals surface area contributed by atoms with Gasteiger partial charge in [0.1, 0.15) is 17.4 Å². The fourth-order valence-electron chi connectivity index (χ4n) is 1.07. The van der Waals surface area contributed by atoms with E-state index in [9.17, 15) is 15.2 Å². The Kier molecular flexibility index (Phi) is 4.31. The van der Waals surface area contributed by atoms with Gasteiger partial charge in [0.15, 0.2) is 0 Å². The van der Waals surface area contributed by atoms with E-state index < -0.39 is 10.5 Å². The van der Waals surface area contributed by atoms with Crippen LogP contribution in [-0.2, 0) is 0 Å². The second-order valence-corrected chi connectivity index (χ2v) is 4.42. The second kappa shape index (κ2) is 5.33. The first kappa shape index (κ1) is 13.7. The number of nitro groups is 1. The lowest BCUT2D eigenvalue weighted by Gasteiger charge is -2.21. The van der Waals surface area contributed by atoms with Gasteiger partial charge in [-0.15, -0.1) is 0 Å². The van der Waals surface area contributed by atoms with E-state index in [2.05, 4.69) is 0 Å². The normalized spacial score (nSPS) is 14.1. The lowest BCUT2D eigenvalue weighted by Crippen LogP contribution is -2.31. The maximum absolute atomic E-state index is 10.5. The molecule has 0 amide bonds. The molecule has 1 atom stereocenters. The Bertz CT molecular complexity index is 420. The number of nitro benzene ring substituents is 1. The predicted octanol–water partition coefficient (Wildman–Crippen LogP) is 2.79. The number of aliphatic hydroxyl groups is 1. The zero-order valence-electron chi connectivity index (χ0n) is 9.64. The topological polar surface area (TPSA) is 72.6 Å². The Morgan fingerprint density at radius 1 is 1.59 bits per heavy atom. The average molecular weight is 260 g/mol. The number of hydrogen-bond donors (Lipinski definition) is 1. The molecule has 0 saturated heterocycles. The van der Waals surface area contributed by atoms with E-state index in [-0.39, 0.29) is 17.3 Å². The van der Waals surface area contributed by atoms with Crippen LogP contribution in [0.1, 0.15) is 20.3 Å². The van der Waals surface area contributed by atoms with Crippen LogP contribution in [-0.4, -0.2) is 22.2 Å². The molecule has 1 rings (SSSR count). The molecule has 94 valence electrons. The van der Waals surface area contributed by atoms with Crippen LogP contribution >= 0.6 is 11.6 Å². The summed E-state index contributed by atoms with van der Waals surface area (Å²) >= 11 is 5.72. The summed E-state index contributed by atoms with van der Waals surface area (Å²) in [6, 6.07) is 4.10. The molecule has 0 radical (unpaired) electrons. The average Bonchev–Trinajstić information content (AvgIpc) is 2.26. The molecule has 0 aliphatic heterocycles. The summed E-state index contributed by atoms with van der Waals surface area (Å²) in [5, 5.41) is 20.3. The van der Waals surface area contributed by atoms with Gasteiger partial charge in [-0.3, -0.25) is 10.1 Å². The third kappa shape index (κ3) is 3.87. The van der Waals surface area contributed by atoms with Crippen molar-refractivity contribution in [3.63, 3.8) is 0 Å². The van der Waals surface area contributed by atoms with Crippen molar-refractivity contribution in [3.05, 3.63) is 33.3 Å². The summed E-state index contributed by atoms with van der Waals surface area (Å²) < 4.78 is 5.32. The Hall–Kier alpha value is -1.33. The van der Waals surface area contributed by atoms with E-state index in [1.807, 2.05) is 6.92 Å². The zero-order chi connectivity index (χ0) is 13.1.